The van der Waals surface area contributed by atoms with E-state index < -0.39 is 5.97 Å². The number of hydrogen-bond acceptors (Lipinski definition) is 4. The van der Waals surface area contributed by atoms with Crippen LogP contribution < -0.4 is 4.74 Å². The van der Waals surface area contributed by atoms with Gasteiger partial charge in [0.2, 0.25) is 0 Å². The summed E-state index contributed by atoms with van der Waals surface area (Å²) in [5.41, 5.74) is 0.921. The predicted octanol–water partition coefficient (Wildman–Crippen LogP) is 0.842. The molecule has 0 aromatic heterocycles. The molecule has 2 rings (SSSR count). The molecule has 0 spiro atoms. The molecule has 17 heavy (non-hydrogen) atoms. The lowest BCUT2D eigenvalue weighted by atomic mass is 10.2. The number of aliphatic carboxylic acids is 1. The minimum absolute atomic E-state index is 0.00906. The van der Waals surface area contributed by atoms with E-state index in [9.17, 15) is 4.79 Å². The van der Waals surface area contributed by atoms with Gasteiger partial charge in [-0.1, -0.05) is 0 Å². The molecule has 1 aliphatic heterocycles. The van der Waals surface area contributed by atoms with Gasteiger partial charge in [-0.05, 0) is 24.3 Å². The summed E-state index contributed by atoms with van der Waals surface area (Å²) in [6.45, 7) is 1.30. The van der Waals surface area contributed by atoms with E-state index in [1.54, 1.807) is 12.0 Å². The van der Waals surface area contributed by atoms with Gasteiger partial charge in [0.1, 0.15) is 18.1 Å². The summed E-state index contributed by atoms with van der Waals surface area (Å²) >= 11 is 0. The predicted molar refractivity (Wildman–Crippen MR) is 63.6 cm³/mol. The normalized spacial score (nSPS) is 14.6. The first-order valence-corrected chi connectivity index (χ1v) is 5.36. The highest BCUT2D eigenvalue weighted by Gasteiger charge is 2.20. The Hall–Kier alpha value is -2.04. The van der Waals surface area contributed by atoms with Crippen LogP contribution in [0.1, 0.15) is 5.56 Å². The van der Waals surface area contributed by atoms with Crippen molar-refractivity contribution < 1.29 is 14.6 Å². The first-order chi connectivity index (χ1) is 8.20. The Morgan fingerprint density at radius 2 is 2.18 bits per heavy atom. The number of amidine groups is 1. The second-order valence-electron chi connectivity index (χ2n) is 3.75. The van der Waals surface area contributed by atoms with Gasteiger partial charge in [-0.3, -0.25) is 9.79 Å². The van der Waals surface area contributed by atoms with Crippen molar-refractivity contribution in [1.82, 2.24) is 4.90 Å². The molecule has 0 bridgehead atoms. The van der Waals surface area contributed by atoms with Crippen molar-refractivity contribution in [2.24, 2.45) is 4.99 Å². The Morgan fingerprint density at radius 1 is 1.47 bits per heavy atom. The van der Waals surface area contributed by atoms with Crippen LogP contribution >= 0.6 is 0 Å². The molecule has 90 valence electrons. The number of hydrogen-bond donors (Lipinski definition) is 1. The van der Waals surface area contributed by atoms with E-state index in [1.807, 2.05) is 24.3 Å². The quantitative estimate of drug-likeness (QED) is 0.838. The van der Waals surface area contributed by atoms with Crippen molar-refractivity contribution in [2.75, 3.05) is 26.7 Å². The van der Waals surface area contributed by atoms with Gasteiger partial charge in [-0.15, -0.1) is 0 Å². The molecular formula is C12H14N2O3. The lowest BCUT2D eigenvalue weighted by molar-refractivity contribution is -0.137. The van der Waals surface area contributed by atoms with Gasteiger partial charge in [-0.2, -0.15) is 0 Å². The molecule has 0 saturated heterocycles. The Kier molecular flexibility index (Phi) is 3.27. The van der Waals surface area contributed by atoms with Gasteiger partial charge in [0, 0.05) is 12.1 Å². The molecule has 1 aliphatic rings. The van der Waals surface area contributed by atoms with Gasteiger partial charge in [-0.25, -0.2) is 0 Å². The maximum Gasteiger partial charge on any atom is 0.323 e. The third-order valence-electron chi connectivity index (χ3n) is 2.61. The maximum atomic E-state index is 10.7. The van der Waals surface area contributed by atoms with Crippen LogP contribution in [-0.4, -0.2) is 48.6 Å². The third kappa shape index (κ3) is 2.55. The van der Waals surface area contributed by atoms with Crippen molar-refractivity contribution in [2.45, 2.75) is 0 Å². The summed E-state index contributed by atoms with van der Waals surface area (Å²) in [7, 11) is 1.61. The van der Waals surface area contributed by atoms with Gasteiger partial charge in [0.15, 0.2) is 0 Å². The smallest absolute Gasteiger partial charge is 0.323 e. The molecular weight excluding hydrogens is 220 g/mol. The number of ether oxygens (including phenoxy) is 1. The summed E-state index contributed by atoms with van der Waals surface area (Å²) < 4.78 is 5.08. The Bertz CT molecular complexity index is 440. The number of carboxylic acids is 1. The van der Waals surface area contributed by atoms with E-state index in [0.29, 0.717) is 13.1 Å². The third-order valence-corrected chi connectivity index (χ3v) is 2.61. The molecule has 1 aromatic carbocycles. The van der Waals surface area contributed by atoms with E-state index in [2.05, 4.69) is 4.99 Å². The number of methoxy groups -OCH3 is 1. The summed E-state index contributed by atoms with van der Waals surface area (Å²) in [6, 6.07) is 7.46. The van der Waals surface area contributed by atoms with Crippen LogP contribution in [0, 0.1) is 0 Å². The number of carboxylic acid groups (broad SMARTS) is 1. The zero-order valence-corrected chi connectivity index (χ0v) is 9.59. The average Bonchev–Trinajstić information content (AvgIpc) is 2.76. The largest absolute Gasteiger partial charge is 0.497 e. The minimum Gasteiger partial charge on any atom is -0.497 e. The molecule has 5 heteroatoms. The lowest BCUT2D eigenvalue weighted by Gasteiger charge is -2.17. The molecule has 5 nitrogen and oxygen atoms in total. The van der Waals surface area contributed by atoms with Gasteiger partial charge in [0.05, 0.1) is 13.7 Å². The van der Waals surface area contributed by atoms with Crippen LogP contribution in [0.4, 0.5) is 0 Å². The van der Waals surface area contributed by atoms with Gasteiger partial charge >= 0.3 is 5.97 Å². The maximum absolute atomic E-state index is 10.7. The second kappa shape index (κ2) is 4.86. The minimum atomic E-state index is -0.840. The first-order valence-electron chi connectivity index (χ1n) is 5.36. The lowest BCUT2D eigenvalue weighted by Crippen LogP contribution is -2.33. The van der Waals surface area contributed by atoms with Crippen molar-refractivity contribution in [3.8, 4) is 5.75 Å². The van der Waals surface area contributed by atoms with Crippen molar-refractivity contribution >= 4 is 11.8 Å². The van der Waals surface area contributed by atoms with Gasteiger partial charge in [0.25, 0.3) is 0 Å². The second-order valence-corrected chi connectivity index (χ2v) is 3.75. The highest BCUT2D eigenvalue weighted by Crippen LogP contribution is 2.15. The fourth-order valence-electron chi connectivity index (χ4n) is 1.81. The standard InChI is InChI=1S/C12H14N2O3/c1-17-10-4-2-9(3-5-10)12-13-6-7-14(12)8-11(15)16/h2-5H,6-8H2,1H3,(H,15,16). The van der Waals surface area contributed by atoms with E-state index in [0.717, 1.165) is 17.1 Å². The van der Waals surface area contributed by atoms with Crippen LogP contribution in [0.25, 0.3) is 0 Å². The van der Waals surface area contributed by atoms with Crippen LogP contribution in [0.5, 0.6) is 5.75 Å². The molecule has 0 unspecified atom stereocenters. The number of nitrogens with zero attached hydrogens (tertiary/aromatic N) is 2. The topological polar surface area (TPSA) is 62.1 Å². The summed E-state index contributed by atoms with van der Waals surface area (Å²) in [4.78, 5) is 16.8. The monoisotopic (exact) mass is 234 g/mol. The zero-order valence-electron chi connectivity index (χ0n) is 9.59. The molecule has 0 saturated carbocycles. The van der Waals surface area contributed by atoms with E-state index in [1.165, 1.54) is 0 Å². The Balaban J connectivity index is 2.17. The highest BCUT2D eigenvalue weighted by molar-refractivity contribution is 6.01. The molecule has 0 fully saturated rings. The molecule has 1 heterocycles. The summed E-state index contributed by atoms with van der Waals surface area (Å²) in [5, 5.41) is 8.80. The molecule has 0 amide bonds. The Morgan fingerprint density at radius 3 is 2.76 bits per heavy atom. The Labute approximate surface area is 99.3 Å². The molecule has 0 radical (unpaired) electrons. The first kappa shape index (κ1) is 11.4. The number of benzene rings is 1. The zero-order chi connectivity index (χ0) is 12.3. The van der Waals surface area contributed by atoms with Crippen LogP contribution in [-0.2, 0) is 4.79 Å². The van der Waals surface area contributed by atoms with Crippen LogP contribution in [0.3, 0.4) is 0 Å². The number of rotatable bonds is 4. The molecule has 1 aromatic rings. The van der Waals surface area contributed by atoms with E-state index >= 15 is 0 Å². The van der Waals surface area contributed by atoms with Crippen molar-refractivity contribution in [3.05, 3.63) is 29.8 Å². The number of carbonyl (C=O) groups is 1. The van der Waals surface area contributed by atoms with Crippen LogP contribution in [0.2, 0.25) is 0 Å². The van der Waals surface area contributed by atoms with Crippen molar-refractivity contribution in [1.29, 1.82) is 0 Å². The molecule has 0 atom stereocenters. The van der Waals surface area contributed by atoms with E-state index in [-0.39, 0.29) is 6.54 Å². The highest BCUT2D eigenvalue weighted by atomic mass is 16.5. The summed E-state index contributed by atoms with van der Waals surface area (Å²) in [5.74, 6) is 0.681. The van der Waals surface area contributed by atoms with E-state index in [4.69, 9.17) is 9.84 Å². The average molecular weight is 234 g/mol. The molecule has 0 aliphatic carbocycles. The fraction of sp³-hybridized carbons (Fsp3) is 0.333. The fourth-order valence-corrected chi connectivity index (χ4v) is 1.81. The van der Waals surface area contributed by atoms with Crippen molar-refractivity contribution in [3.63, 3.8) is 0 Å². The summed E-state index contributed by atoms with van der Waals surface area (Å²) in [6.07, 6.45) is 0. The van der Waals surface area contributed by atoms with Gasteiger partial charge < -0.3 is 14.7 Å². The molecule has 1 N–H and O–H groups in total. The number of aliphatic imine (C=N–C) groups is 1. The van der Waals surface area contributed by atoms with Crippen LogP contribution in [0.15, 0.2) is 29.3 Å². The SMILES string of the molecule is COc1ccc(C2=NCCN2CC(=O)O)cc1.